The Kier molecular flexibility index (Phi) is 16.6. The predicted octanol–water partition coefficient (Wildman–Crippen LogP) is 6.80. The lowest BCUT2D eigenvalue weighted by molar-refractivity contribution is -0.136. The van der Waals surface area contributed by atoms with Crippen LogP contribution in [0.2, 0.25) is 0 Å². The van der Waals surface area contributed by atoms with E-state index in [1.807, 2.05) is 70.2 Å². The van der Waals surface area contributed by atoms with Gasteiger partial charge in [0.15, 0.2) is 0 Å². The fourth-order valence-electron chi connectivity index (χ4n) is 7.48. The van der Waals surface area contributed by atoms with Crippen LogP contribution in [0, 0.1) is 35.5 Å². The second kappa shape index (κ2) is 21.3. The number of carbonyl (C=O) groups excluding carboxylic acids is 4. The molecule has 0 radical (unpaired) electrons. The average Bonchev–Trinajstić information content (AvgIpc) is 4.07. The number of aromatic nitrogens is 4. The van der Waals surface area contributed by atoms with E-state index in [1.54, 1.807) is 22.2 Å². The minimum atomic E-state index is -0.716. The maximum Gasteiger partial charge on any atom is 0.407 e. The number of alkyl carbamates (subject to hydrolysis) is 2. The summed E-state index contributed by atoms with van der Waals surface area (Å²) in [5.41, 5.74) is 4.99. The monoisotopic (exact) mass is 858 g/mol. The second-order valence-electron chi connectivity index (χ2n) is 15.1. The Balaban J connectivity index is 0.00000397. The zero-order chi connectivity index (χ0) is 41.3. The van der Waals surface area contributed by atoms with Crippen LogP contribution < -0.4 is 10.6 Å². The first kappa shape index (κ1) is 46.7. The van der Waals surface area contributed by atoms with Gasteiger partial charge in [-0.05, 0) is 78.5 Å². The van der Waals surface area contributed by atoms with Gasteiger partial charge in [-0.1, -0.05) is 70.0 Å². The lowest BCUT2D eigenvalue weighted by atomic mass is 9.96. The summed E-state index contributed by atoms with van der Waals surface area (Å²) in [5.74, 6) is 13.0. The number of benzene rings is 2. The number of likely N-dealkylation sites (tertiary alicyclic amines) is 2. The highest BCUT2D eigenvalue weighted by molar-refractivity contribution is 5.87. The van der Waals surface area contributed by atoms with E-state index in [2.05, 4.69) is 55.3 Å². The van der Waals surface area contributed by atoms with Crippen molar-refractivity contribution in [3.8, 4) is 46.1 Å². The number of hydrogen-bond donors (Lipinski definition) is 4. The van der Waals surface area contributed by atoms with Gasteiger partial charge in [-0.2, -0.15) is 0 Å². The minimum Gasteiger partial charge on any atom is -0.453 e. The third kappa shape index (κ3) is 10.8. The molecular weight excluding hydrogens is 807 g/mol. The third-order valence-corrected chi connectivity index (χ3v) is 10.5. The van der Waals surface area contributed by atoms with Crippen LogP contribution in [0.4, 0.5) is 9.59 Å². The summed E-state index contributed by atoms with van der Waals surface area (Å²) in [6, 6.07) is 14.0. The van der Waals surface area contributed by atoms with Gasteiger partial charge in [0.25, 0.3) is 0 Å². The van der Waals surface area contributed by atoms with Crippen LogP contribution in [0.3, 0.4) is 0 Å². The van der Waals surface area contributed by atoms with Crippen molar-refractivity contribution in [3.05, 3.63) is 83.8 Å². The quantitative estimate of drug-likeness (QED) is 0.126. The van der Waals surface area contributed by atoms with Crippen LogP contribution in [0.15, 0.2) is 60.9 Å². The standard InChI is InChI=1S/C44H50N8O6.2ClH/c1-27(2)37(49-43(55)57-5)41(53)51-22-12-18-35(51)39-45-25-32(47-39)17-11-10-16-30-20-21-31(24-33(30)29-14-8-7-9-15-29)34-26-46-40(48-34)36-19-13-23-52(36)42(54)38(28(3)4)50-44(56)58-6;;/h7-9,14-15,20-21,24-28,35-38H,12-13,18-19,22-23H2,1-6H3,(H,45,47)(H,46,48)(H,49,55)(H,50,56);2*1H/t35?,36?,37-,38?;;/m0../s1. The van der Waals surface area contributed by atoms with Crippen LogP contribution in [0.5, 0.6) is 0 Å². The smallest absolute Gasteiger partial charge is 0.407 e. The first-order chi connectivity index (χ1) is 28.0. The number of halogens is 2. The number of amides is 4. The lowest BCUT2D eigenvalue weighted by Crippen LogP contribution is -2.51. The number of imidazole rings is 2. The number of methoxy groups -OCH3 is 2. The first-order valence-corrected chi connectivity index (χ1v) is 19.6. The Morgan fingerprint density at radius 3 is 1.80 bits per heavy atom. The minimum absolute atomic E-state index is 0. The Bertz CT molecular complexity index is 2250. The molecule has 4 amide bonds. The summed E-state index contributed by atoms with van der Waals surface area (Å²) in [6.45, 7) is 8.67. The van der Waals surface area contributed by atoms with E-state index >= 15 is 0 Å². The first-order valence-electron chi connectivity index (χ1n) is 19.6. The van der Waals surface area contributed by atoms with Gasteiger partial charge in [0.1, 0.15) is 29.4 Å². The van der Waals surface area contributed by atoms with Gasteiger partial charge in [0, 0.05) is 24.2 Å². The number of nitrogens with zero attached hydrogens (tertiary/aromatic N) is 4. The third-order valence-electron chi connectivity index (χ3n) is 10.5. The highest BCUT2D eigenvalue weighted by Crippen LogP contribution is 2.35. The normalized spacial score (nSPS) is 16.6. The van der Waals surface area contributed by atoms with Gasteiger partial charge < -0.3 is 39.9 Å². The molecule has 4 heterocycles. The number of ether oxygens (including phenoxy) is 2. The van der Waals surface area contributed by atoms with Gasteiger partial charge in [0.2, 0.25) is 11.8 Å². The summed E-state index contributed by atoms with van der Waals surface area (Å²) in [5, 5.41) is 5.37. The molecule has 4 N–H and O–H groups in total. The van der Waals surface area contributed by atoms with Crippen molar-refractivity contribution in [1.29, 1.82) is 0 Å². The molecule has 16 heteroatoms. The van der Waals surface area contributed by atoms with Gasteiger partial charge in [0.05, 0.1) is 44.4 Å². The number of carbonyl (C=O) groups is 4. The van der Waals surface area contributed by atoms with Crippen molar-refractivity contribution in [3.63, 3.8) is 0 Å². The van der Waals surface area contributed by atoms with E-state index in [4.69, 9.17) is 14.5 Å². The van der Waals surface area contributed by atoms with E-state index in [-0.39, 0.29) is 60.5 Å². The molecule has 2 saturated heterocycles. The molecule has 2 aromatic carbocycles. The number of hydrogen-bond acceptors (Lipinski definition) is 8. The maximum atomic E-state index is 13.7. The summed E-state index contributed by atoms with van der Waals surface area (Å²) in [6.07, 6.45) is 5.26. The molecule has 4 atom stereocenters. The Labute approximate surface area is 363 Å². The molecular formula is C44H52Cl2N8O6. The predicted molar refractivity (Wildman–Crippen MR) is 232 cm³/mol. The molecule has 2 aliphatic rings. The maximum absolute atomic E-state index is 13.7. The van der Waals surface area contributed by atoms with Gasteiger partial charge in [-0.15, -0.1) is 24.8 Å². The lowest BCUT2D eigenvalue weighted by Gasteiger charge is -2.30. The number of rotatable bonds is 10. The molecule has 0 bridgehead atoms. The summed E-state index contributed by atoms with van der Waals surface area (Å²) in [4.78, 5) is 70.6. The van der Waals surface area contributed by atoms with Crippen LogP contribution >= 0.6 is 24.8 Å². The zero-order valence-corrected chi connectivity index (χ0v) is 36.2. The van der Waals surface area contributed by atoms with Crippen LogP contribution in [0.1, 0.15) is 88.4 Å². The second-order valence-corrected chi connectivity index (χ2v) is 15.1. The number of nitrogens with one attached hydrogen (secondary N) is 4. The summed E-state index contributed by atoms with van der Waals surface area (Å²) in [7, 11) is 2.56. The molecule has 6 rings (SSSR count). The molecule has 14 nitrogen and oxygen atoms in total. The van der Waals surface area contributed by atoms with Crippen LogP contribution in [-0.4, -0.2) is 93.1 Å². The molecule has 318 valence electrons. The van der Waals surface area contributed by atoms with Crippen molar-refractivity contribution >= 4 is 48.8 Å². The fourth-order valence-corrected chi connectivity index (χ4v) is 7.48. The van der Waals surface area contributed by atoms with E-state index in [0.717, 1.165) is 53.6 Å². The molecule has 0 spiro atoms. The van der Waals surface area contributed by atoms with E-state index in [0.29, 0.717) is 30.4 Å². The van der Waals surface area contributed by atoms with Gasteiger partial charge >= 0.3 is 12.2 Å². The van der Waals surface area contributed by atoms with Crippen LogP contribution in [0.25, 0.3) is 22.4 Å². The molecule has 60 heavy (non-hydrogen) atoms. The highest BCUT2D eigenvalue weighted by atomic mass is 35.5. The molecule has 0 aliphatic carbocycles. The van der Waals surface area contributed by atoms with Crippen molar-refractivity contribution in [2.45, 2.75) is 77.5 Å². The Morgan fingerprint density at radius 1 is 0.717 bits per heavy atom. The Hall–Kier alpha value is -5.96. The van der Waals surface area contributed by atoms with E-state index < -0.39 is 24.3 Å². The summed E-state index contributed by atoms with van der Waals surface area (Å²) >= 11 is 0. The van der Waals surface area contributed by atoms with Crippen molar-refractivity contribution in [1.82, 2.24) is 40.4 Å². The zero-order valence-electron chi connectivity index (χ0n) is 34.5. The fraction of sp³-hybridized carbons (Fsp3) is 0.409. The topological polar surface area (TPSA) is 175 Å². The van der Waals surface area contributed by atoms with Crippen molar-refractivity contribution in [2.24, 2.45) is 11.8 Å². The van der Waals surface area contributed by atoms with Crippen LogP contribution in [-0.2, 0) is 19.1 Å². The average molecular weight is 860 g/mol. The molecule has 3 unspecified atom stereocenters. The largest absolute Gasteiger partial charge is 0.453 e. The van der Waals surface area contributed by atoms with Crippen molar-refractivity contribution in [2.75, 3.05) is 27.3 Å². The highest BCUT2D eigenvalue weighted by Gasteiger charge is 2.39. The van der Waals surface area contributed by atoms with Gasteiger partial charge in [-0.25, -0.2) is 19.6 Å². The van der Waals surface area contributed by atoms with E-state index in [9.17, 15) is 19.2 Å². The summed E-state index contributed by atoms with van der Waals surface area (Å²) < 4.78 is 9.51. The SMILES string of the molecule is COC(=O)NC(C(=O)N1CCCC1c1ncc(-c2ccc(C#CC#Cc3cnc(C4CCCN4C(=O)[C@@H](NC(=O)OC)C(C)C)[nH]3)c(-c3ccccc3)c2)[nH]1)C(C)C.Cl.Cl. The molecule has 2 aromatic heterocycles. The molecule has 2 aliphatic heterocycles. The molecule has 2 fully saturated rings. The van der Waals surface area contributed by atoms with Crippen molar-refractivity contribution < 1.29 is 28.7 Å². The number of aromatic amines is 2. The Morgan fingerprint density at radius 2 is 1.25 bits per heavy atom. The van der Waals surface area contributed by atoms with Gasteiger partial charge in [-0.3, -0.25) is 9.59 Å². The molecule has 0 saturated carbocycles. The number of H-pyrrole nitrogens is 2. The molecule has 4 aromatic rings. The van der Waals surface area contributed by atoms with E-state index in [1.165, 1.54) is 14.2 Å².